The Bertz CT molecular complexity index is 590. The van der Waals surface area contributed by atoms with E-state index in [9.17, 15) is 4.39 Å². The van der Waals surface area contributed by atoms with Crippen molar-refractivity contribution in [2.45, 2.75) is 37.1 Å². The van der Waals surface area contributed by atoms with Gasteiger partial charge in [-0.3, -0.25) is 0 Å². The summed E-state index contributed by atoms with van der Waals surface area (Å²) < 4.78 is 14.0. The fourth-order valence-corrected chi connectivity index (χ4v) is 3.62. The van der Waals surface area contributed by atoms with Crippen LogP contribution in [0.1, 0.15) is 30.4 Å². The van der Waals surface area contributed by atoms with Gasteiger partial charge in [0.1, 0.15) is 5.82 Å². The van der Waals surface area contributed by atoms with Gasteiger partial charge in [-0.1, -0.05) is 55.0 Å². The summed E-state index contributed by atoms with van der Waals surface area (Å²) in [6.45, 7) is 0. The lowest BCUT2D eigenvalue weighted by Crippen LogP contribution is -2.52. The first-order valence-electron chi connectivity index (χ1n) is 7.72. The van der Waals surface area contributed by atoms with E-state index in [2.05, 4.69) is 35.6 Å². The van der Waals surface area contributed by atoms with Crippen LogP contribution in [-0.4, -0.2) is 13.1 Å². The monoisotopic (exact) mass is 283 g/mol. The van der Waals surface area contributed by atoms with Crippen LogP contribution in [0.5, 0.6) is 0 Å². The molecule has 0 spiro atoms. The Morgan fingerprint density at radius 3 is 2.29 bits per heavy atom. The van der Waals surface area contributed by atoms with Crippen LogP contribution >= 0.6 is 0 Å². The minimum absolute atomic E-state index is 0.0970. The average molecular weight is 283 g/mol. The molecule has 1 aliphatic carbocycles. The second-order valence-corrected chi connectivity index (χ2v) is 6.01. The van der Waals surface area contributed by atoms with Gasteiger partial charge in [-0.15, -0.1) is 0 Å². The Hall–Kier alpha value is -1.67. The molecule has 1 aliphatic rings. The molecule has 1 unspecified atom stereocenters. The summed E-state index contributed by atoms with van der Waals surface area (Å²) in [5.41, 5.74) is 2.34. The van der Waals surface area contributed by atoms with Gasteiger partial charge in [-0.2, -0.15) is 0 Å². The SMILES string of the molecule is CNC(Cc1ccccc1F)C1(c2ccccc2)CCC1. The number of likely N-dealkylation sites (N-methyl/N-ethyl adjacent to an activating group) is 1. The van der Waals surface area contributed by atoms with Crippen molar-refractivity contribution in [1.82, 2.24) is 5.32 Å². The standard InChI is InChI=1S/C19H22FN/c1-21-18(14-15-8-5-6-11-17(15)20)19(12-7-13-19)16-9-3-2-4-10-16/h2-6,8-11,18,21H,7,12-14H2,1H3. The van der Waals surface area contributed by atoms with Gasteiger partial charge in [0.25, 0.3) is 0 Å². The van der Waals surface area contributed by atoms with Gasteiger partial charge in [-0.25, -0.2) is 4.39 Å². The van der Waals surface area contributed by atoms with Crippen molar-refractivity contribution in [2.24, 2.45) is 0 Å². The Morgan fingerprint density at radius 2 is 1.71 bits per heavy atom. The zero-order valence-corrected chi connectivity index (χ0v) is 12.5. The van der Waals surface area contributed by atoms with Gasteiger partial charge < -0.3 is 5.32 Å². The van der Waals surface area contributed by atoms with Crippen molar-refractivity contribution in [3.8, 4) is 0 Å². The van der Waals surface area contributed by atoms with Gasteiger partial charge in [0.15, 0.2) is 0 Å². The van der Waals surface area contributed by atoms with Crippen molar-refractivity contribution < 1.29 is 4.39 Å². The van der Waals surface area contributed by atoms with Gasteiger partial charge >= 0.3 is 0 Å². The lowest BCUT2D eigenvalue weighted by Gasteiger charge is -2.48. The zero-order valence-electron chi connectivity index (χ0n) is 12.5. The molecule has 3 rings (SSSR count). The third-order valence-corrected chi connectivity index (χ3v) is 4.99. The van der Waals surface area contributed by atoms with E-state index in [1.165, 1.54) is 24.8 Å². The lowest BCUT2D eigenvalue weighted by molar-refractivity contribution is 0.173. The molecule has 21 heavy (non-hydrogen) atoms. The number of nitrogens with one attached hydrogen (secondary N) is 1. The molecule has 0 aromatic heterocycles. The highest BCUT2D eigenvalue weighted by Gasteiger charge is 2.44. The van der Waals surface area contributed by atoms with Crippen LogP contribution in [0, 0.1) is 5.82 Å². The first-order valence-corrected chi connectivity index (χ1v) is 7.72. The molecule has 0 heterocycles. The minimum Gasteiger partial charge on any atom is -0.316 e. The predicted molar refractivity (Wildman–Crippen MR) is 84.9 cm³/mol. The first-order chi connectivity index (χ1) is 10.3. The summed E-state index contributed by atoms with van der Waals surface area (Å²) in [4.78, 5) is 0. The van der Waals surface area contributed by atoms with Crippen molar-refractivity contribution in [1.29, 1.82) is 0 Å². The molecule has 1 saturated carbocycles. The molecule has 1 fully saturated rings. The number of halogens is 1. The third-order valence-electron chi connectivity index (χ3n) is 4.99. The fraction of sp³-hybridized carbons (Fsp3) is 0.368. The van der Waals surface area contributed by atoms with Gasteiger partial charge in [0, 0.05) is 11.5 Å². The summed E-state index contributed by atoms with van der Waals surface area (Å²) in [6.07, 6.45) is 4.34. The smallest absolute Gasteiger partial charge is 0.126 e. The average Bonchev–Trinajstić information content (AvgIpc) is 2.48. The molecule has 2 aromatic carbocycles. The van der Waals surface area contributed by atoms with Crippen LogP contribution in [0.2, 0.25) is 0 Å². The van der Waals surface area contributed by atoms with E-state index in [0.29, 0.717) is 0 Å². The van der Waals surface area contributed by atoms with E-state index in [1.54, 1.807) is 12.1 Å². The summed E-state index contributed by atoms with van der Waals surface area (Å²) in [5, 5.41) is 3.45. The van der Waals surface area contributed by atoms with Crippen molar-refractivity contribution in [3.05, 3.63) is 71.5 Å². The molecule has 0 radical (unpaired) electrons. The topological polar surface area (TPSA) is 12.0 Å². The van der Waals surface area contributed by atoms with Gasteiger partial charge in [0.05, 0.1) is 0 Å². The maximum atomic E-state index is 14.0. The maximum absolute atomic E-state index is 14.0. The molecule has 2 aromatic rings. The van der Waals surface area contributed by atoms with Crippen LogP contribution in [0.3, 0.4) is 0 Å². The fourth-order valence-electron chi connectivity index (χ4n) is 3.62. The molecule has 0 saturated heterocycles. The van der Waals surface area contributed by atoms with Crippen LogP contribution in [0.15, 0.2) is 54.6 Å². The molecule has 1 atom stereocenters. The number of hydrogen-bond donors (Lipinski definition) is 1. The molecule has 0 aliphatic heterocycles. The van der Waals surface area contributed by atoms with E-state index in [4.69, 9.17) is 0 Å². The van der Waals surface area contributed by atoms with E-state index in [0.717, 1.165) is 12.0 Å². The quantitative estimate of drug-likeness (QED) is 0.872. The summed E-state index contributed by atoms with van der Waals surface area (Å²) in [7, 11) is 1.99. The number of rotatable bonds is 5. The molecular formula is C19H22FN. The normalized spacial score (nSPS) is 18.0. The highest BCUT2D eigenvalue weighted by molar-refractivity contribution is 5.32. The Morgan fingerprint density at radius 1 is 1.05 bits per heavy atom. The summed E-state index contributed by atoms with van der Waals surface area (Å²) in [5.74, 6) is -0.0970. The second-order valence-electron chi connectivity index (χ2n) is 6.01. The van der Waals surface area contributed by atoms with E-state index in [1.807, 2.05) is 19.2 Å². The Kier molecular flexibility index (Phi) is 4.07. The van der Waals surface area contributed by atoms with Crippen molar-refractivity contribution in [3.63, 3.8) is 0 Å². The second kappa shape index (κ2) is 5.98. The number of benzene rings is 2. The van der Waals surface area contributed by atoms with Crippen molar-refractivity contribution in [2.75, 3.05) is 7.05 Å². The third kappa shape index (κ3) is 2.60. The molecule has 110 valence electrons. The summed E-state index contributed by atoms with van der Waals surface area (Å²) in [6, 6.07) is 18.1. The van der Waals surface area contributed by atoms with Crippen LogP contribution < -0.4 is 5.32 Å². The van der Waals surface area contributed by atoms with E-state index < -0.39 is 0 Å². The van der Waals surface area contributed by atoms with Gasteiger partial charge in [-0.05, 0) is 43.5 Å². The van der Waals surface area contributed by atoms with Crippen LogP contribution in [0.25, 0.3) is 0 Å². The highest BCUT2D eigenvalue weighted by atomic mass is 19.1. The van der Waals surface area contributed by atoms with Crippen molar-refractivity contribution >= 4 is 0 Å². The summed E-state index contributed by atoms with van der Waals surface area (Å²) >= 11 is 0. The predicted octanol–water partition coefficient (Wildman–Crippen LogP) is 4.08. The van der Waals surface area contributed by atoms with E-state index >= 15 is 0 Å². The maximum Gasteiger partial charge on any atom is 0.126 e. The molecule has 0 bridgehead atoms. The van der Waals surface area contributed by atoms with E-state index in [-0.39, 0.29) is 17.3 Å². The molecule has 0 amide bonds. The minimum atomic E-state index is -0.0970. The molecule has 1 nitrogen and oxygen atoms in total. The molecular weight excluding hydrogens is 261 g/mol. The largest absolute Gasteiger partial charge is 0.316 e. The van der Waals surface area contributed by atoms with Crippen LogP contribution in [0.4, 0.5) is 4.39 Å². The Balaban J connectivity index is 1.90. The Labute approximate surface area is 126 Å². The molecule has 2 heteroatoms. The van der Waals surface area contributed by atoms with Crippen LogP contribution in [-0.2, 0) is 11.8 Å². The van der Waals surface area contributed by atoms with Gasteiger partial charge in [0.2, 0.25) is 0 Å². The lowest BCUT2D eigenvalue weighted by atomic mass is 9.59. The zero-order chi connectivity index (χ0) is 14.7. The molecule has 1 N–H and O–H groups in total. The number of hydrogen-bond acceptors (Lipinski definition) is 1. The first kappa shape index (κ1) is 14.3. The highest BCUT2D eigenvalue weighted by Crippen LogP contribution is 2.47.